The second-order valence-corrected chi connectivity index (χ2v) is 5.81. The van der Waals surface area contributed by atoms with E-state index in [4.69, 9.17) is 16.3 Å². The predicted molar refractivity (Wildman–Crippen MR) is 79.7 cm³/mol. The van der Waals surface area contributed by atoms with Gasteiger partial charge in [-0.25, -0.2) is 4.98 Å². The molecule has 0 bridgehead atoms. The third kappa shape index (κ3) is 2.63. The average Bonchev–Trinajstić information content (AvgIpc) is 3.23. The number of hydrogen-bond donors (Lipinski definition) is 0. The molecule has 1 aliphatic rings. The van der Waals surface area contributed by atoms with Gasteiger partial charge in [0.05, 0.1) is 0 Å². The fraction of sp³-hybridized carbons (Fsp3) is 0.375. The molecular weight excluding hydrogens is 272 g/mol. The second-order valence-electron chi connectivity index (χ2n) is 5.45. The molecule has 3 nitrogen and oxygen atoms in total. The van der Waals surface area contributed by atoms with E-state index in [0.29, 0.717) is 17.0 Å². The maximum Gasteiger partial charge on any atom is 0.227 e. The van der Waals surface area contributed by atoms with E-state index >= 15 is 0 Å². The molecule has 0 saturated heterocycles. The third-order valence-corrected chi connectivity index (χ3v) is 3.92. The summed E-state index contributed by atoms with van der Waals surface area (Å²) in [5, 5.41) is 0.488. The average molecular weight is 289 g/mol. The molecule has 1 aliphatic carbocycles. The van der Waals surface area contributed by atoms with Crippen LogP contribution >= 0.6 is 11.6 Å². The van der Waals surface area contributed by atoms with Gasteiger partial charge in [-0.3, -0.25) is 0 Å². The lowest BCUT2D eigenvalue weighted by Gasteiger charge is -2.12. The molecule has 1 aromatic carbocycles. The molecule has 1 aromatic heterocycles. The summed E-state index contributed by atoms with van der Waals surface area (Å²) in [5.41, 5.74) is 3.03. The maximum atomic E-state index is 6.20. The van der Waals surface area contributed by atoms with Crippen LogP contribution in [0, 0.1) is 20.8 Å². The molecule has 0 atom stereocenters. The van der Waals surface area contributed by atoms with Gasteiger partial charge in [-0.1, -0.05) is 23.7 Å². The Morgan fingerprint density at radius 2 is 1.90 bits per heavy atom. The Balaban J connectivity index is 1.99. The molecule has 0 unspecified atom stereocenters. The van der Waals surface area contributed by atoms with Crippen LogP contribution in [0.3, 0.4) is 0 Å². The van der Waals surface area contributed by atoms with Crippen LogP contribution in [0.15, 0.2) is 18.2 Å². The standard InChI is InChI=1S/C16H17ClN2O/c1-9-4-5-10(2)13(8-9)20-16-11(3)14(17)18-15(19-16)12-6-7-12/h4-5,8,12H,6-7H2,1-3H3. The molecule has 4 heteroatoms. The van der Waals surface area contributed by atoms with Crippen molar-refractivity contribution in [2.24, 2.45) is 0 Å². The smallest absolute Gasteiger partial charge is 0.227 e. The molecule has 0 N–H and O–H groups in total. The van der Waals surface area contributed by atoms with Crippen molar-refractivity contribution < 1.29 is 4.74 Å². The van der Waals surface area contributed by atoms with E-state index in [2.05, 4.69) is 16.0 Å². The van der Waals surface area contributed by atoms with Crippen LogP contribution in [0.2, 0.25) is 5.15 Å². The molecule has 3 rings (SSSR count). The number of aryl methyl sites for hydroxylation is 2. The number of rotatable bonds is 3. The summed E-state index contributed by atoms with van der Waals surface area (Å²) in [6.45, 7) is 5.95. The fourth-order valence-corrected chi connectivity index (χ4v) is 2.20. The lowest BCUT2D eigenvalue weighted by atomic mass is 10.1. The summed E-state index contributed by atoms with van der Waals surface area (Å²) in [5.74, 6) is 2.65. The first-order valence-electron chi connectivity index (χ1n) is 6.83. The highest BCUT2D eigenvalue weighted by Gasteiger charge is 2.28. The molecule has 2 aromatic rings. The van der Waals surface area contributed by atoms with Crippen LogP contribution in [-0.2, 0) is 0 Å². The minimum Gasteiger partial charge on any atom is -0.438 e. The van der Waals surface area contributed by atoms with Crippen LogP contribution in [0.1, 0.15) is 41.3 Å². The minimum absolute atomic E-state index is 0.453. The number of hydrogen-bond acceptors (Lipinski definition) is 3. The Bertz CT molecular complexity index is 666. The van der Waals surface area contributed by atoms with Crippen LogP contribution < -0.4 is 4.74 Å². The molecule has 1 heterocycles. The van der Waals surface area contributed by atoms with Gasteiger partial charge in [0.25, 0.3) is 0 Å². The monoisotopic (exact) mass is 288 g/mol. The van der Waals surface area contributed by atoms with Crippen molar-refractivity contribution in [3.8, 4) is 11.6 Å². The van der Waals surface area contributed by atoms with E-state index < -0.39 is 0 Å². The van der Waals surface area contributed by atoms with Crippen molar-refractivity contribution in [1.29, 1.82) is 0 Å². The van der Waals surface area contributed by atoms with E-state index in [9.17, 15) is 0 Å². The summed E-state index contributed by atoms with van der Waals surface area (Å²) in [6.07, 6.45) is 2.28. The number of halogens is 1. The van der Waals surface area contributed by atoms with Gasteiger partial charge in [0.15, 0.2) is 0 Å². The highest BCUT2D eigenvalue weighted by atomic mass is 35.5. The predicted octanol–water partition coefficient (Wildman–Crippen LogP) is 4.72. The minimum atomic E-state index is 0.453. The van der Waals surface area contributed by atoms with Gasteiger partial charge in [0.1, 0.15) is 16.7 Å². The SMILES string of the molecule is Cc1ccc(C)c(Oc2nc(C3CC3)nc(Cl)c2C)c1. The van der Waals surface area contributed by atoms with Crippen molar-refractivity contribution in [3.63, 3.8) is 0 Å². The number of benzene rings is 1. The fourth-order valence-electron chi connectivity index (χ4n) is 2.03. The van der Waals surface area contributed by atoms with E-state index in [1.807, 2.05) is 32.9 Å². The van der Waals surface area contributed by atoms with Gasteiger partial charge in [-0.2, -0.15) is 4.98 Å². The zero-order valence-corrected chi connectivity index (χ0v) is 12.7. The molecule has 0 radical (unpaired) electrons. The van der Waals surface area contributed by atoms with E-state index in [-0.39, 0.29) is 0 Å². The molecule has 0 aliphatic heterocycles. The van der Waals surface area contributed by atoms with Crippen molar-refractivity contribution in [3.05, 3.63) is 45.9 Å². The van der Waals surface area contributed by atoms with Crippen LogP contribution in [0.25, 0.3) is 0 Å². The highest BCUT2D eigenvalue weighted by Crippen LogP contribution is 2.40. The first-order valence-corrected chi connectivity index (χ1v) is 7.21. The van der Waals surface area contributed by atoms with Crippen molar-refractivity contribution >= 4 is 11.6 Å². The van der Waals surface area contributed by atoms with Gasteiger partial charge in [-0.05, 0) is 50.8 Å². The lowest BCUT2D eigenvalue weighted by molar-refractivity contribution is 0.450. The summed E-state index contributed by atoms with van der Waals surface area (Å²) in [4.78, 5) is 8.89. The normalized spacial score (nSPS) is 14.4. The van der Waals surface area contributed by atoms with Gasteiger partial charge in [0.2, 0.25) is 5.88 Å². The van der Waals surface area contributed by atoms with Gasteiger partial charge in [0, 0.05) is 11.5 Å². The van der Waals surface area contributed by atoms with Crippen LogP contribution in [-0.4, -0.2) is 9.97 Å². The van der Waals surface area contributed by atoms with E-state index in [0.717, 1.165) is 41.1 Å². The molecule has 0 amide bonds. The molecule has 104 valence electrons. The quantitative estimate of drug-likeness (QED) is 0.766. The van der Waals surface area contributed by atoms with Gasteiger partial charge >= 0.3 is 0 Å². The second kappa shape index (κ2) is 5.06. The lowest BCUT2D eigenvalue weighted by Crippen LogP contribution is -2.00. The van der Waals surface area contributed by atoms with E-state index in [1.165, 1.54) is 0 Å². The molecule has 1 fully saturated rings. The third-order valence-electron chi connectivity index (χ3n) is 3.55. The van der Waals surface area contributed by atoms with Crippen LogP contribution in [0.4, 0.5) is 0 Å². The summed E-state index contributed by atoms with van der Waals surface area (Å²) in [6, 6.07) is 6.13. The summed E-state index contributed by atoms with van der Waals surface area (Å²) >= 11 is 6.20. The Labute approximate surface area is 124 Å². The summed E-state index contributed by atoms with van der Waals surface area (Å²) in [7, 11) is 0. The zero-order valence-electron chi connectivity index (χ0n) is 11.9. The number of ether oxygens (including phenoxy) is 1. The van der Waals surface area contributed by atoms with Crippen molar-refractivity contribution in [1.82, 2.24) is 9.97 Å². The first kappa shape index (κ1) is 13.4. The largest absolute Gasteiger partial charge is 0.438 e. The Morgan fingerprint density at radius 1 is 1.15 bits per heavy atom. The van der Waals surface area contributed by atoms with Gasteiger partial charge in [-0.15, -0.1) is 0 Å². The molecule has 1 saturated carbocycles. The van der Waals surface area contributed by atoms with Crippen LogP contribution in [0.5, 0.6) is 11.6 Å². The number of nitrogens with zero attached hydrogens (tertiary/aromatic N) is 2. The van der Waals surface area contributed by atoms with E-state index in [1.54, 1.807) is 0 Å². The van der Waals surface area contributed by atoms with Crippen molar-refractivity contribution in [2.75, 3.05) is 0 Å². The molecule has 0 spiro atoms. The zero-order chi connectivity index (χ0) is 14.3. The molecule has 20 heavy (non-hydrogen) atoms. The Kier molecular flexibility index (Phi) is 3.38. The summed E-state index contributed by atoms with van der Waals surface area (Å²) < 4.78 is 5.98. The molecular formula is C16H17ClN2O. The maximum absolute atomic E-state index is 6.20. The first-order chi connectivity index (χ1) is 9.54. The number of aromatic nitrogens is 2. The highest BCUT2D eigenvalue weighted by molar-refractivity contribution is 6.30. The van der Waals surface area contributed by atoms with Crippen molar-refractivity contribution in [2.45, 2.75) is 39.5 Å². The topological polar surface area (TPSA) is 35.0 Å². The Hall–Kier alpha value is -1.61. The van der Waals surface area contributed by atoms with Gasteiger partial charge < -0.3 is 4.74 Å². The Morgan fingerprint density at radius 3 is 2.60 bits per heavy atom.